The number of nitrogens with one attached hydrogen (secondary N) is 1. The SMILES string of the molecule is C=C(OCC)c1nccc(COc2ccc(C(C)(C)c3ccc(OC4CCCN(c5ccc6c(c5)C(=O)N(C5CCC(=O)NC5=O)C6=O)C4)cc3)cc2)n1. The van der Waals surface area contributed by atoms with Crippen LogP contribution >= 0.6 is 0 Å². The van der Waals surface area contributed by atoms with E-state index in [1.165, 1.54) is 0 Å². The average Bonchev–Trinajstić information content (AvgIpc) is 3.42. The highest BCUT2D eigenvalue weighted by Gasteiger charge is 2.45. The molecule has 1 aromatic heterocycles. The molecule has 0 spiro atoms. The summed E-state index contributed by atoms with van der Waals surface area (Å²) >= 11 is 0. The molecule has 54 heavy (non-hydrogen) atoms. The minimum atomic E-state index is -0.993. The normalized spacial score (nSPS) is 18.6. The quantitative estimate of drug-likeness (QED) is 0.140. The molecule has 4 heterocycles. The van der Waals surface area contributed by atoms with Gasteiger partial charge in [0.15, 0.2) is 11.6 Å². The van der Waals surface area contributed by atoms with Crippen molar-refractivity contribution < 1.29 is 33.4 Å². The predicted octanol–water partition coefficient (Wildman–Crippen LogP) is 5.84. The molecule has 3 aliphatic rings. The molecule has 2 fully saturated rings. The van der Waals surface area contributed by atoms with E-state index in [4.69, 9.17) is 14.2 Å². The van der Waals surface area contributed by atoms with E-state index in [1.54, 1.807) is 24.4 Å². The Morgan fingerprint density at radius 1 is 0.907 bits per heavy atom. The van der Waals surface area contributed by atoms with Crippen molar-refractivity contribution in [2.75, 3.05) is 24.6 Å². The molecule has 2 saturated heterocycles. The van der Waals surface area contributed by atoms with Gasteiger partial charge >= 0.3 is 0 Å². The van der Waals surface area contributed by atoms with E-state index in [9.17, 15) is 19.2 Å². The van der Waals surface area contributed by atoms with Gasteiger partial charge in [-0.1, -0.05) is 44.7 Å². The molecule has 2 unspecified atom stereocenters. The van der Waals surface area contributed by atoms with Crippen LogP contribution in [-0.4, -0.2) is 70.3 Å². The topological polar surface area (TPSA) is 140 Å². The molecule has 3 aromatic carbocycles. The molecule has 4 amide bonds. The number of hydrogen-bond acceptors (Lipinski definition) is 10. The standard InChI is InChI=1S/C42H43N5O7/c1-5-52-26(2)38-43-21-20-29(44-38)25-53-31-13-8-27(9-14-31)42(3,4)28-10-15-32(16-11-28)54-33-7-6-22-46(24-33)30-12-17-34-35(23-30)41(51)47(40(34)50)36-18-19-37(48)45-39(36)49/h8-17,20-21,23,33,36H,2,5-7,18-19,22,24-25H2,1,3-4H3,(H,45,48,49). The second-order valence-electron chi connectivity index (χ2n) is 14.2. The summed E-state index contributed by atoms with van der Waals surface area (Å²) in [6.07, 6.45) is 3.57. The van der Waals surface area contributed by atoms with Gasteiger partial charge in [0.05, 0.1) is 30.0 Å². The van der Waals surface area contributed by atoms with E-state index >= 15 is 0 Å². The number of anilines is 1. The van der Waals surface area contributed by atoms with Crippen LogP contribution in [-0.2, 0) is 26.3 Å². The number of fused-ring (bicyclic) bond motifs is 1. The second kappa shape index (κ2) is 15.1. The van der Waals surface area contributed by atoms with Crippen molar-refractivity contribution in [2.45, 2.75) is 70.6 Å². The van der Waals surface area contributed by atoms with Crippen molar-refractivity contribution in [1.29, 1.82) is 0 Å². The van der Waals surface area contributed by atoms with Crippen LogP contribution in [0.15, 0.2) is 85.6 Å². The van der Waals surface area contributed by atoms with E-state index < -0.39 is 29.7 Å². The number of ether oxygens (including phenoxy) is 3. The first-order valence-corrected chi connectivity index (χ1v) is 18.3. The number of nitrogens with zero attached hydrogens (tertiary/aromatic N) is 4. The van der Waals surface area contributed by atoms with Crippen LogP contribution in [0, 0.1) is 0 Å². The minimum Gasteiger partial charge on any atom is -0.491 e. The average molecular weight is 730 g/mol. The number of hydrogen-bond donors (Lipinski definition) is 1. The molecule has 0 aliphatic carbocycles. The lowest BCUT2D eigenvalue weighted by molar-refractivity contribution is -0.136. The Morgan fingerprint density at radius 2 is 1.61 bits per heavy atom. The maximum Gasteiger partial charge on any atom is 0.262 e. The smallest absolute Gasteiger partial charge is 0.262 e. The second-order valence-corrected chi connectivity index (χ2v) is 14.2. The van der Waals surface area contributed by atoms with Gasteiger partial charge < -0.3 is 19.1 Å². The van der Waals surface area contributed by atoms with Crippen LogP contribution < -0.4 is 19.7 Å². The molecular weight excluding hydrogens is 686 g/mol. The molecule has 2 atom stereocenters. The first-order chi connectivity index (χ1) is 26.0. The van der Waals surface area contributed by atoms with Gasteiger partial charge in [0, 0.05) is 30.3 Å². The van der Waals surface area contributed by atoms with Gasteiger partial charge in [-0.05, 0) is 85.8 Å². The fourth-order valence-electron chi connectivity index (χ4n) is 7.21. The monoisotopic (exact) mass is 729 g/mol. The number of carbonyl (C=O) groups is 4. The van der Waals surface area contributed by atoms with Gasteiger partial charge in [0.1, 0.15) is 30.3 Å². The summed E-state index contributed by atoms with van der Waals surface area (Å²) in [4.78, 5) is 62.5. The van der Waals surface area contributed by atoms with Gasteiger partial charge in [-0.2, -0.15) is 0 Å². The molecule has 3 aliphatic heterocycles. The summed E-state index contributed by atoms with van der Waals surface area (Å²) in [7, 11) is 0. The number of benzene rings is 3. The zero-order chi connectivity index (χ0) is 38.0. The molecule has 12 heteroatoms. The Kier molecular flexibility index (Phi) is 10.2. The first kappa shape index (κ1) is 36.3. The third-order valence-electron chi connectivity index (χ3n) is 10.3. The number of rotatable bonds is 12. The van der Waals surface area contributed by atoms with Gasteiger partial charge in [-0.3, -0.25) is 29.4 Å². The maximum atomic E-state index is 13.4. The lowest BCUT2D eigenvalue weighted by atomic mass is 9.78. The third kappa shape index (κ3) is 7.41. The lowest BCUT2D eigenvalue weighted by Crippen LogP contribution is -2.54. The Hall–Kier alpha value is -6.04. The number of aromatic nitrogens is 2. The molecule has 12 nitrogen and oxygen atoms in total. The minimum absolute atomic E-state index is 0.0758. The fourth-order valence-corrected chi connectivity index (χ4v) is 7.21. The fraction of sp³-hybridized carbons (Fsp3) is 0.333. The number of carbonyl (C=O) groups excluding carboxylic acids is 4. The molecule has 278 valence electrons. The molecule has 0 radical (unpaired) electrons. The van der Waals surface area contributed by atoms with Gasteiger partial charge in [-0.25, -0.2) is 9.97 Å². The zero-order valence-corrected chi connectivity index (χ0v) is 30.7. The Bertz CT molecular complexity index is 2100. The highest BCUT2D eigenvalue weighted by molar-refractivity contribution is 6.23. The highest BCUT2D eigenvalue weighted by Crippen LogP contribution is 2.35. The summed E-state index contributed by atoms with van der Waals surface area (Å²) < 4.78 is 17.9. The number of piperidine rings is 2. The van der Waals surface area contributed by atoms with Crippen molar-refractivity contribution in [2.24, 2.45) is 0 Å². The number of amides is 4. The molecular formula is C42H43N5O7. The first-order valence-electron chi connectivity index (χ1n) is 18.3. The van der Waals surface area contributed by atoms with Crippen molar-refractivity contribution in [3.8, 4) is 11.5 Å². The van der Waals surface area contributed by atoms with Crippen molar-refractivity contribution in [3.05, 3.63) is 119 Å². The van der Waals surface area contributed by atoms with E-state index in [1.807, 2.05) is 37.3 Å². The van der Waals surface area contributed by atoms with E-state index in [0.717, 1.165) is 58.3 Å². The summed E-state index contributed by atoms with van der Waals surface area (Å²) in [6, 6.07) is 22.3. The van der Waals surface area contributed by atoms with Crippen LogP contribution in [0.5, 0.6) is 11.5 Å². The van der Waals surface area contributed by atoms with Gasteiger partial charge in [0.25, 0.3) is 11.8 Å². The van der Waals surface area contributed by atoms with E-state index in [2.05, 4.69) is 64.9 Å². The summed E-state index contributed by atoms with van der Waals surface area (Å²) in [5.74, 6) is 0.344. The van der Waals surface area contributed by atoms with Crippen LogP contribution in [0.4, 0.5) is 5.69 Å². The summed E-state index contributed by atoms with van der Waals surface area (Å²) in [6.45, 7) is 12.3. The van der Waals surface area contributed by atoms with Crippen molar-refractivity contribution in [1.82, 2.24) is 20.2 Å². The molecule has 4 aromatic rings. The van der Waals surface area contributed by atoms with E-state index in [-0.39, 0.29) is 42.1 Å². The van der Waals surface area contributed by atoms with Crippen LogP contribution in [0.2, 0.25) is 0 Å². The molecule has 0 saturated carbocycles. The maximum absolute atomic E-state index is 13.4. The molecule has 1 N–H and O–H groups in total. The Morgan fingerprint density at radius 3 is 2.31 bits per heavy atom. The van der Waals surface area contributed by atoms with E-state index in [0.29, 0.717) is 24.7 Å². The lowest BCUT2D eigenvalue weighted by Gasteiger charge is -2.34. The zero-order valence-electron chi connectivity index (χ0n) is 30.7. The summed E-state index contributed by atoms with van der Waals surface area (Å²) in [5, 5.41) is 2.24. The van der Waals surface area contributed by atoms with Crippen LogP contribution in [0.3, 0.4) is 0 Å². The molecule has 7 rings (SSSR count). The highest BCUT2D eigenvalue weighted by atomic mass is 16.5. The van der Waals surface area contributed by atoms with Crippen LogP contribution in [0.1, 0.15) is 89.8 Å². The number of imide groups is 2. The van der Waals surface area contributed by atoms with Crippen LogP contribution in [0.25, 0.3) is 5.76 Å². The Balaban J connectivity index is 0.953. The van der Waals surface area contributed by atoms with Crippen molar-refractivity contribution >= 4 is 35.1 Å². The third-order valence-corrected chi connectivity index (χ3v) is 10.3. The molecule has 0 bridgehead atoms. The van der Waals surface area contributed by atoms with Crippen molar-refractivity contribution in [3.63, 3.8) is 0 Å². The summed E-state index contributed by atoms with van der Waals surface area (Å²) in [5.41, 5.74) is 4.08. The van der Waals surface area contributed by atoms with Gasteiger partial charge in [-0.15, -0.1) is 0 Å². The Labute approximate surface area is 314 Å². The van der Waals surface area contributed by atoms with Gasteiger partial charge in [0.2, 0.25) is 11.8 Å². The largest absolute Gasteiger partial charge is 0.491 e. The predicted molar refractivity (Wildman–Crippen MR) is 201 cm³/mol.